The van der Waals surface area contributed by atoms with Crippen molar-refractivity contribution in [2.75, 3.05) is 30.8 Å². The van der Waals surface area contributed by atoms with E-state index in [0.29, 0.717) is 12.5 Å². The van der Waals surface area contributed by atoms with Gasteiger partial charge in [0.1, 0.15) is 11.6 Å². The van der Waals surface area contributed by atoms with Crippen LogP contribution in [0.5, 0.6) is 0 Å². The molecule has 0 aromatic carbocycles. The summed E-state index contributed by atoms with van der Waals surface area (Å²) in [5.41, 5.74) is 0. The maximum Gasteiger partial charge on any atom is 0.223 e. The minimum Gasteiger partial charge on any atom is -0.356 e. The summed E-state index contributed by atoms with van der Waals surface area (Å²) in [6.45, 7) is 7.67. The van der Waals surface area contributed by atoms with Crippen LogP contribution in [0.1, 0.15) is 38.9 Å². The summed E-state index contributed by atoms with van der Waals surface area (Å²) < 4.78 is 2.21. The van der Waals surface area contributed by atoms with Crippen molar-refractivity contribution in [1.29, 1.82) is 0 Å². The van der Waals surface area contributed by atoms with Crippen LogP contribution in [-0.2, 0) is 17.8 Å². The summed E-state index contributed by atoms with van der Waals surface area (Å²) in [5, 5.41) is 12.7. The van der Waals surface area contributed by atoms with Gasteiger partial charge in [-0.1, -0.05) is 25.6 Å². The van der Waals surface area contributed by atoms with Gasteiger partial charge in [-0.05, 0) is 31.4 Å². The van der Waals surface area contributed by atoms with E-state index < -0.39 is 0 Å². The van der Waals surface area contributed by atoms with Gasteiger partial charge in [0, 0.05) is 50.9 Å². The molecular formula is C20H31N7OS. The maximum absolute atomic E-state index is 12.5. The molecule has 1 aliphatic rings. The summed E-state index contributed by atoms with van der Waals surface area (Å²) >= 11 is 1.63. The second kappa shape index (κ2) is 10.6. The highest BCUT2D eigenvalue weighted by atomic mass is 32.2. The molecular weight excluding hydrogens is 386 g/mol. The van der Waals surface area contributed by atoms with Gasteiger partial charge >= 0.3 is 0 Å². The molecule has 1 N–H and O–H groups in total. The predicted molar refractivity (Wildman–Crippen MR) is 115 cm³/mol. The van der Waals surface area contributed by atoms with Crippen molar-refractivity contribution in [3.05, 3.63) is 24.4 Å². The summed E-state index contributed by atoms with van der Waals surface area (Å²) in [4.78, 5) is 23.2. The zero-order valence-electron chi connectivity index (χ0n) is 17.5. The Morgan fingerprint density at radius 2 is 2.07 bits per heavy atom. The lowest BCUT2D eigenvalue weighted by molar-refractivity contribution is -0.125. The highest BCUT2D eigenvalue weighted by molar-refractivity contribution is 7.98. The molecule has 158 valence electrons. The number of aromatic nitrogens is 5. The Morgan fingerprint density at radius 3 is 2.72 bits per heavy atom. The molecule has 8 nitrogen and oxygen atoms in total. The van der Waals surface area contributed by atoms with E-state index in [9.17, 15) is 4.79 Å². The van der Waals surface area contributed by atoms with Crippen LogP contribution in [0.25, 0.3) is 0 Å². The van der Waals surface area contributed by atoms with E-state index in [2.05, 4.69) is 48.8 Å². The lowest BCUT2D eigenvalue weighted by Crippen LogP contribution is -2.41. The van der Waals surface area contributed by atoms with Crippen molar-refractivity contribution >= 4 is 23.5 Å². The monoisotopic (exact) mass is 417 g/mol. The zero-order chi connectivity index (χ0) is 20.6. The molecule has 0 saturated carbocycles. The predicted octanol–water partition coefficient (Wildman–Crippen LogP) is 2.41. The topological polar surface area (TPSA) is 88.8 Å². The van der Waals surface area contributed by atoms with Crippen molar-refractivity contribution in [3.8, 4) is 0 Å². The fourth-order valence-electron chi connectivity index (χ4n) is 3.63. The Bertz CT molecular complexity index is 772. The van der Waals surface area contributed by atoms with Gasteiger partial charge < -0.3 is 14.8 Å². The minimum atomic E-state index is 0.0793. The van der Waals surface area contributed by atoms with E-state index in [1.54, 1.807) is 30.4 Å². The molecule has 0 radical (unpaired) electrons. The van der Waals surface area contributed by atoms with E-state index >= 15 is 0 Å². The first kappa shape index (κ1) is 21.5. The van der Waals surface area contributed by atoms with Crippen LogP contribution in [0.15, 0.2) is 23.7 Å². The molecule has 2 aromatic rings. The van der Waals surface area contributed by atoms with Crippen molar-refractivity contribution in [1.82, 2.24) is 30.0 Å². The molecule has 0 unspecified atom stereocenters. The average molecular weight is 418 g/mol. The van der Waals surface area contributed by atoms with Gasteiger partial charge in [-0.3, -0.25) is 9.78 Å². The van der Waals surface area contributed by atoms with E-state index in [1.807, 2.05) is 6.26 Å². The summed E-state index contributed by atoms with van der Waals surface area (Å²) in [6, 6.07) is 0. The maximum atomic E-state index is 12.5. The third-order valence-electron chi connectivity index (χ3n) is 5.14. The molecule has 3 heterocycles. The first-order chi connectivity index (χ1) is 14.1. The Morgan fingerprint density at radius 1 is 1.28 bits per heavy atom. The Labute approximate surface area is 176 Å². The molecule has 0 bridgehead atoms. The average Bonchev–Trinajstić information content (AvgIpc) is 3.12. The third kappa shape index (κ3) is 5.91. The molecule has 0 spiro atoms. The van der Waals surface area contributed by atoms with Gasteiger partial charge in [0.15, 0.2) is 5.16 Å². The van der Waals surface area contributed by atoms with Gasteiger partial charge in [0.05, 0.1) is 6.20 Å². The molecule has 9 heteroatoms. The first-order valence-corrected chi connectivity index (χ1v) is 11.6. The Kier molecular flexibility index (Phi) is 7.85. The molecule has 1 saturated heterocycles. The third-order valence-corrected chi connectivity index (χ3v) is 5.81. The number of anilines is 1. The Balaban J connectivity index is 1.40. The van der Waals surface area contributed by atoms with Crippen LogP contribution >= 0.6 is 11.8 Å². The summed E-state index contributed by atoms with van der Waals surface area (Å²) in [5.74, 6) is 2.69. The van der Waals surface area contributed by atoms with Crippen LogP contribution in [0, 0.1) is 11.8 Å². The van der Waals surface area contributed by atoms with Gasteiger partial charge in [-0.15, -0.1) is 10.2 Å². The number of carbonyl (C=O) groups excluding carboxylic acids is 1. The molecule has 0 atom stereocenters. The number of thioether (sulfide) groups is 1. The number of hydrogen-bond acceptors (Lipinski definition) is 7. The highest BCUT2D eigenvalue weighted by Gasteiger charge is 2.25. The number of nitrogens with zero attached hydrogens (tertiary/aromatic N) is 6. The van der Waals surface area contributed by atoms with Gasteiger partial charge in [0.25, 0.3) is 0 Å². The quantitative estimate of drug-likeness (QED) is 0.495. The van der Waals surface area contributed by atoms with E-state index in [1.165, 1.54) is 0 Å². The molecule has 3 rings (SSSR count). The Hall–Kier alpha value is -2.16. The molecule has 1 fully saturated rings. The number of hydrogen-bond donors (Lipinski definition) is 1. The van der Waals surface area contributed by atoms with Crippen LogP contribution in [-0.4, -0.2) is 56.5 Å². The number of aryl methyl sites for hydroxylation is 1. The molecule has 0 aliphatic carbocycles. The smallest absolute Gasteiger partial charge is 0.223 e. The molecule has 29 heavy (non-hydrogen) atoms. The van der Waals surface area contributed by atoms with Crippen molar-refractivity contribution in [2.24, 2.45) is 11.8 Å². The fraction of sp³-hybridized carbons (Fsp3) is 0.650. The standard InChI is InChI=1S/C20H31N7OS/c1-15(2)14-27-17(24-25-20(27)29-3)5-4-8-23-19(28)16-6-11-26(12-7-16)18-13-21-9-10-22-18/h9-10,13,15-16H,4-8,11-12,14H2,1-3H3,(H,23,28). The fourth-order valence-corrected chi connectivity index (χ4v) is 4.15. The normalized spacial score (nSPS) is 15.1. The SMILES string of the molecule is CSc1nnc(CCCNC(=O)C2CCN(c3cnccn3)CC2)n1CC(C)C. The van der Waals surface area contributed by atoms with Gasteiger partial charge in [0.2, 0.25) is 5.91 Å². The van der Waals surface area contributed by atoms with Gasteiger partial charge in [-0.2, -0.15) is 0 Å². The van der Waals surface area contributed by atoms with Crippen LogP contribution in [0.2, 0.25) is 0 Å². The molecule has 1 aliphatic heterocycles. The second-order valence-electron chi connectivity index (χ2n) is 7.83. The first-order valence-electron chi connectivity index (χ1n) is 10.3. The number of nitrogens with one attached hydrogen (secondary N) is 1. The van der Waals surface area contributed by atoms with Crippen molar-refractivity contribution in [2.45, 2.75) is 51.2 Å². The van der Waals surface area contributed by atoms with Gasteiger partial charge in [-0.25, -0.2) is 4.98 Å². The van der Waals surface area contributed by atoms with E-state index in [4.69, 9.17) is 0 Å². The largest absolute Gasteiger partial charge is 0.356 e. The zero-order valence-corrected chi connectivity index (χ0v) is 18.4. The van der Waals surface area contributed by atoms with Crippen molar-refractivity contribution < 1.29 is 4.79 Å². The lowest BCUT2D eigenvalue weighted by Gasteiger charge is -2.31. The number of amides is 1. The van der Waals surface area contributed by atoms with Crippen LogP contribution in [0.3, 0.4) is 0 Å². The highest BCUT2D eigenvalue weighted by Crippen LogP contribution is 2.21. The van der Waals surface area contributed by atoms with Crippen molar-refractivity contribution in [3.63, 3.8) is 0 Å². The number of rotatable bonds is 9. The molecule has 1 amide bonds. The summed E-state index contributed by atoms with van der Waals surface area (Å²) in [7, 11) is 0. The van der Waals surface area contributed by atoms with Crippen LogP contribution in [0.4, 0.5) is 5.82 Å². The number of piperidine rings is 1. The lowest BCUT2D eigenvalue weighted by atomic mass is 9.96. The number of carbonyl (C=O) groups is 1. The minimum absolute atomic E-state index is 0.0793. The second-order valence-corrected chi connectivity index (χ2v) is 8.60. The van der Waals surface area contributed by atoms with E-state index in [-0.39, 0.29) is 11.8 Å². The van der Waals surface area contributed by atoms with Crippen LogP contribution < -0.4 is 10.2 Å². The van der Waals surface area contributed by atoms with E-state index in [0.717, 1.165) is 62.1 Å². The molecule has 2 aromatic heterocycles. The summed E-state index contributed by atoms with van der Waals surface area (Å²) in [6.07, 6.45) is 10.6.